The molecule has 2 aromatic heterocycles. The van der Waals surface area contributed by atoms with Gasteiger partial charge < -0.3 is 9.73 Å². The Morgan fingerprint density at radius 1 is 1.38 bits per heavy atom. The molecule has 110 valence electrons. The lowest BCUT2D eigenvalue weighted by atomic mass is 10.3. The molecule has 2 aromatic rings. The molecular formula is C12H13N5O3S. The second kappa shape index (κ2) is 7.39. The van der Waals surface area contributed by atoms with Crippen LogP contribution in [0.25, 0.3) is 11.5 Å². The van der Waals surface area contributed by atoms with Crippen LogP contribution in [0, 0.1) is 0 Å². The predicted octanol–water partition coefficient (Wildman–Crippen LogP) is 1.07. The maximum Gasteiger partial charge on any atom is 0.321 e. The SMILES string of the molecule is CNC(=O)NC(=O)CCSc1nnc(-c2cccnc2)o1. The Kier molecular flexibility index (Phi) is 5.27. The fraction of sp³-hybridized carbons (Fsp3) is 0.250. The number of hydrogen-bond donors (Lipinski definition) is 2. The zero-order valence-electron chi connectivity index (χ0n) is 11.2. The quantitative estimate of drug-likeness (QED) is 0.795. The smallest absolute Gasteiger partial charge is 0.321 e. The van der Waals surface area contributed by atoms with Crippen LogP contribution in [0.5, 0.6) is 0 Å². The van der Waals surface area contributed by atoms with Crippen LogP contribution in [0.4, 0.5) is 4.79 Å². The molecule has 2 N–H and O–H groups in total. The molecule has 9 heteroatoms. The summed E-state index contributed by atoms with van der Waals surface area (Å²) in [6, 6.07) is 3.06. The van der Waals surface area contributed by atoms with Gasteiger partial charge in [-0.3, -0.25) is 15.1 Å². The largest absolute Gasteiger partial charge is 0.411 e. The van der Waals surface area contributed by atoms with Crippen LogP contribution < -0.4 is 10.6 Å². The van der Waals surface area contributed by atoms with Crippen molar-refractivity contribution in [3.63, 3.8) is 0 Å². The third-order valence-electron chi connectivity index (χ3n) is 2.35. The molecule has 8 nitrogen and oxygen atoms in total. The number of carbonyl (C=O) groups excluding carboxylic acids is 2. The summed E-state index contributed by atoms with van der Waals surface area (Å²) in [5.74, 6) is 0.437. The molecule has 0 saturated heterocycles. The van der Waals surface area contributed by atoms with E-state index in [-0.39, 0.29) is 12.3 Å². The van der Waals surface area contributed by atoms with E-state index in [1.807, 2.05) is 6.07 Å². The second-order valence-electron chi connectivity index (χ2n) is 3.84. The van der Waals surface area contributed by atoms with Crippen LogP contribution in [0.3, 0.4) is 0 Å². The van der Waals surface area contributed by atoms with E-state index in [0.29, 0.717) is 16.9 Å². The lowest BCUT2D eigenvalue weighted by Crippen LogP contribution is -2.37. The van der Waals surface area contributed by atoms with Crippen molar-refractivity contribution in [1.82, 2.24) is 25.8 Å². The number of nitrogens with zero attached hydrogens (tertiary/aromatic N) is 3. The number of thioether (sulfide) groups is 1. The third kappa shape index (κ3) is 4.56. The molecule has 0 aromatic carbocycles. The van der Waals surface area contributed by atoms with Gasteiger partial charge >= 0.3 is 6.03 Å². The fourth-order valence-corrected chi connectivity index (χ4v) is 2.06. The van der Waals surface area contributed by atoms with Crippen molar-refractivity contribution in [2.24, 2.45) is 0 Å². The van der Waals surface area contributed by atoms with Gasteiger partial charge in [-0.25, -0.2) is 4.79 Å². The molecule has 2 rings (SSSR count). The van der Waals surface area contributed by atoms with E-state index in [2.05, 4.69) is 25.8 Å². The van der Waals surface area contributed by atoms with Gasteiger partial charge in [-0.2, -0.15) is 0 Å². The average molecular weight is 307 g/mol. The number of aromatic nitrogens is 3. The van der Waals surface area contributed by atoms with E-state index < -0.39 is 6.03 Å². The molecule has 0 aliphatic carbocycles. The molecule has 0 bridgehead atoms. The molecule has 0 aliphatic heterocycles. The number of urea groups is 1. The van der Waals surface area contributed by atoms with Crippen molar-refractivity contribution < 1.29 is 14.0 Å². The minimum atomic E-state index is -0.526. The van der Waals surface area contributed by atoms with Gasteiger partial charge in [0.15, 0.2) is 0 Å². The van der Waals surface area contributed by atoms with Crippen LogP contribution in [0.1, 0.15) is 6.42 Å². The molecule has 21 heavy (non-hydrogen) atoms. The summed E-state index contributed by atoms with van der Waals surface area (Å²) in [5.41, 5.74) is 0.731. The second-order valence-corrected chi connectivity index (χ2v) is 4.89. The first-order valence-electron chi connectivity index (χ1n) is 6.07. The molecule has 2 heterocycles. The van der Waals surface area contributed by atoms with Crippen molar-refractivity contribution >= 4 is 23.7 Å². The topological polar surface area (TPSA) is 110 Å². The van der Waals surface area contributed by atoms with E-state index in [4.69, 9.17) is 4.42 Å². The van der Waals surface area contributed by atoms with Crippen molar-refractivity contribution in [3.8, 4) is 11.5 Å². The first-order chi connectivity index (χ1) is 10.2. The molecule has 0 saturated carbocycles. The summed E-state index contributed by atoms with van der Waals surface area (Å²) in [6.07, 6.45) is 3.45. The Morgan fingerprint density at radius 3 is 2.95 bits per heavy atom. The number of hydrogen-bond acceptors (Lipinski definition) is 7. The Labute approximate surface area is 124 Å². The minimum Gasteiger partial charge on any atom is -0.411 e. The molecule has 0 radical (unpaired) electrons. The summed E-state index contributed by atoms with van der Waals surface area (Å²) < 4.78 is 5.44. The number of amides is 3. The van der Waals surface area contributed by atoms with Crippen molar-refractivity contribution in [2.45, 2.75) is 11.6 Å². The summed E-state index contributed by atoms with van der Waals surface area (Å²) in [7, 11) is 1.44. The lowest BCUT2D eigenvalue weighted by molar-refractivity contribution is -0.119. The monoisotopic (exact) mass is 307 g/mol. The number of nitrogens with one attached hydrogen (secondary N) is 2. The normalized spacial score (nSPS) is 10.1. The highest BCUT2D eigenvalue weighted by atomic mass is 32.2. The number of rotatable bonds is 5. The number of pyridine rings is 1. The van der Waals surface area contributed by atoms with Crippen LogP contribution in [0.15, 0.2) is 34.2 Å². The Bertz CT molecular complexity index is 616. The van der Waals surface area contributed by atoms with E-state index in [0.717, 1.165) is 5.56 Å². The van der Waals surface area contributed by atoms with E-state index in [9.17, 15) is 9.59 Å². The highest BCUT2D eigenvalue weighted by Gasteiger charge is 2.10. The maximum atomic E-state index is 11.4. The van der Waals surface area contributed by atoms with Crippen LogP contribution in [-0.4, -0.2) is 39.9 Å². The van der Waals surface area contributed by atoms with Crippen LogP contribution in [0.2, 0.25) is 0 Å². The zero-order valence-corrected chi connectivity index (χ0v) is 12.0. The molecular weight excluding hydrogens is 294 g/mol. The predicted molar refractivity (Wildman–Crippen MR) is 75.5 cm³/mol. The van der Waals surface area contributed by atoms with E-state index in [1.54, 1.807) is 18.5 Å². The van der Waals surface area contributed by atoms with Gasteiger partial charge in [-0.15, -0.1) is 10.2 Å². The first kappa shape index (κ1) is 15.0. The first-order valence-corrected chi connectivity index (χ1v) is 7.06. The fourth-order valence-electron chi connectivity index (χ4n) is 1.36. The Morgan fingerprint density at radius 2 is 2.24 bits per heavy atom. The van der Waals surface area contributed by atoms with E-state index >= 15 is 0 Å². The van der Waals surface area contributed by atoms with Crippen molar-refractivity contribution in [3.05, 3.63) is 24.5 Å². The third-order valence-corrected chi connectivity index (χ3v) is 3.17. The van der Waals surface area contributed by atoms with Gasteiger partial charge in [0, 0.05) is 31.6 Å². The highest BCUT2D eigenvalue weighted by Crippen LogP contribution is 2.22. The molecule has 0 unspecified atom stereocenters. The summed E-state index contributed by atoms with van der Waals surface area (Å²) in [5, 5.41) is 12.6. The van der Waals surface area contributed by atoms with Gasteiger partial charge in [-0.05, 0) is 12.1 Å². The molecule has 0 fully saturated rings. The van der Waals surface area contributed by atoms with Crippen molar-refractivity contribution in [1.29, 1.82) is 0 Å². The van der Waals surface area contributed by atoms with Crippen LogP contribution >= 0.6 is 11.8 Å². The maximum absolute atomic E-state index is 11.4. The van der Waals surface area contributed by atoms with Crippen molar-refractivity contribution in [2.75, 3.05) is 12.8 Å². The molecule has 0 atom stereocenters. The van der Waals surface area contributed by atoms with Gasteiger partial charge in [0.1, 0.15) is 0 Å². The molecule has 0 aliphatic rings. The Hall–Kier alpha value is -2.42. The average Bonchev–Trinajstić information content (AvgIpc) is 2.97. The molecule has 3 amide bonds. The van der Waals surface area contributed by atoms with E-state index in [1.165, 1.54) is 18.8 Å². The summed E-state index contributed by atoms with van der Waals surface area (Å²) in [6.45, 7) is 0. The zero-order chi connectivity index (χ0) is 15.1. The van der Waals surface area contributed by atoms with Gasteiger partial charge in [0.05, 0.1) is 5.56 Å². The number of imide groups is 1. The summed E-state index contributed by atoms with van der Waals surface area (Å²) >= 11 is 1.25. The standard InChI is InChI=1S/C12H13N5O3S/c1-13-11(19)15-9(18)4-6-21-12-17-16-10(20-12)8-3-2-5-14-7-8/h2-3,5,7H,4,6H2,1H3,(H2,13,15,18,19). The number of carbonyl (C=O) groups is 2. The Balaban J connectivity index is 1.81. The van der Waals surface area contributed by atoms with Gasteiger partial charge in [0.2, 0.25) is 11.8 Å². The molecule has 0 spiro atoms. The minimum absolute atomic E-state index is 0.169. The van der Waals surface area contributed by atoms with Crippen LogP contribution in [-0.2, 0) is 4.79 Å². The lowest BCUT2D eigenvalue weighted by Gasteiger charge is -2.01. The highest BCUT2D eigenvalue weighted by molar-refractivity contribution is 7.99. The summed E-state index contributed by atoms with van der Waals surface area (Å²) in [4.78, 5) is 26.3. The van der Waals surface area contributed by atoms with Gasteiger partial charge in [0.25, 0.3) is 5.22 Å². The van der Waals surface area contributed by atoms with Gasteiger partial charge in [-0.1, -0.05) is 11.8 Å².